The number of morpholine rings is 1. The Morgan fingerprint density at radius 3 is 2.62 bits per heavy atom. The van der Waals surface area contributed by atoms with E-state index in [1.54, 1.807) is 11.8 Å². The van der Waals surface area contributed by atoms with E-state index in [4.69, 9.17) is 16.3 Å². The number of amides is 1. The molecule has 0 spiro atoms. The molecule has 11 heteroatoms. The van der Waals surface area contributed by atoms with Gasteiger partial charge in [-0.3, -0.25) is 9.59 Å². The fourth-order valence-electron chi connectivity index (χ4n) is 4.13. The van der Waals surface area contributed by atoms with Crippen LogP contribution in [-0.4, -0.2) is 51.1 Å². The second-order valence-corrected chi connectivity index (χ2v) is 8.91. The van der Waals surface area contributed by atoms with Crippen LogP contribution in [0.3, 0.4) is 0 Å². The second-order valence-electron chi connectivity index (χ2n) is 8.53. The average molecular weight is 492 g/mol. The number of pyridine rings is 1. The summed E-state index contributed by atoms with van der Waals surface area (Å²) in [5.41, 5.74) is -0.299. The summed E-state index contributed by atoms with van der Waals surface area (Å²) < 4.78 is 35.3. The maximum atomic E-state index is 14.9. The van der Waals surface area contributed by atoms with Crippen molar-refractivity contribution in [3.8, 4) is 0 Å². The van der Waals surface area contributed by atoms with Crippen LogP contribution in [0.25, 0.3) is 10.9 Å². The molecule has 3 heterocycles. The van der Waals surface area contributed by atoms with Crippen molar-refractivity contribution < 1.29 is 18.3 Å². The van der Waals surface area contributed by atoms with Gasteiger partial charge in [0.25, 0.3) is 11.5 Å². The van der Waals surface area contributed by atoms with E-state index in [9.17, 15) is 18.4 Å². The molecule has 0 aliphatic carbocycles. The molecule has 0 saturated carbocycles. The van der Waals surface area contributed by atoms with Crippen LogP contribution < -0.4 is 10.9 Å². The third-order valence-electron chi connectivity index (χ3n) is 5.64. The highest BCUT2D eigenvalue weighted by molar-refractivity contribution is 6.32. The number of fused-ring (bicyclic) bond motifs is 1. The Hall–Kier alpha value is -3.11. The van der Waals surface area contributed by atoms with E-state index in [2.05, 4.69) is 20.3 Å². The van der Waals surface area contributed by atoms with Gasteiger partial charge in [0.1, 0.15) is 11.3 Å². The van der Waals surface area contributed by atoms with Crippen LogP contribution >= 0.6 is 11.6 Å². The number of hydrogen-bond donors (Lipinski definition) is 2. The Labute approximate surface area is 199 Å². The summed E-state index contributed by atoms with van der Waals surface area (Å²) in [7, 11) is 0. The summed E-state index contributed by atoms with van der Waals surface area (Å²) in [4.78, 5) is 37.3. The lowest BCUT2D eigenvalue weighted by Gasteiger charge is -2.35. The van der Waals surface area contributed by atoms with Gasteiger partial charge in [-0.2, -0.15) is 0 Å². The van der Waals surface area contributed by atoms with Crippen LogP contribution in [0.15, 0.2) is 23.1 Å². The summed E-state index contributed by atoms with van der Waals surface area (Å²) in [6.45, 7) is 7.71. The number of aryl methyl sites for hydroxylation is 1. The van der Waals surface area contributed by atoms with E-state index in [1.807, 2.05) is 13.8 Å². The average Bonchev–Trinajstić information content (AvgIpc) is 2.76. The van der Waals surface area contributed by atoms with E-state index in [-0.39, 0.29) is 56.8 Å². The van der Waals surface area contributed by atoms with Crippen LogP contribution in [0, 0.1) is 18.6 Å². The maximum absolute atomic E-state index is 14.9. The largest absolute Gasteiger partial charge is 0.372 e. The van der Waals surface area contributed by atoms with Gasteiger partial charge in [0.15, 0.2) is 17.5 Å². The molecule has 180 valence electrons. The van der Waals surface area contributed by atoms with Gasteiger partial charge in [0.05, 0.1) is 34.2 Å². The van der Waals surface area contributed by atoms with E-state index in [0.717, 1.165) is 6.07 Å². The highest BCUT2D eigenvalue weighted by Crippen LogP contribution is 2.32. The van der Waals surface area contributed by atoms with Gasteiger partial charge in [-0.05, 0) is 45.4 Å². The van der Waals surface area contributed by atoms with E-state index in [0.29, 0.717) is 13.1 Å². The normalized spacial score (nSPS) is 19.3. The Morgan fingerprint density at radius 1 is 1.29 bits per heavy atom. The first-order valence-electron chi connectivity index (χ1n) is 10.8. The van der Waals surface area contributed by atoms with Crippen LogP contribution in [0.2, 0.25) is 5.02 Å². The number of aromatic amines is 1. The van der Waals surface area contributed by atoms with Crippen LogP contribution in [-0.2, 0) is 4.74 Å². The van der Waals surface area contributed by atoms with Crippen molar-refractivity contribution in [3.05, 3.63) is 62.3 Å². The van der Waals surface area contributed by atoms with E-state index in [1.165, 1.54) is 19.2 Å². The summed E-state index contributed by atoms with van der Waals surface area (Å²) >= 11 is 6.21. The van der Waals surface area contributed by atoms with E-state index >= 15 is 0 Å². The number of nitrogens with one attached hydrogen (secondary N) is 2. The Kier molecular flexibility index (Phi) is 6.55. The molecule has 0 bridgehead atoms. The molecule has 1 unspecified atom stereocenters. The zero-order valence-electron chi connectivity index (χ0n) is 19.1. The number of carbonyl (C=O) groups is 1. The van der Waals surface area contributed by atoms with Gasteiger partial charge >= 0.3 is 0 Å². The minimum absolute atomic E-state index is 0.0273. The zero-order chi connectivity index (χ0) is 24.7. The third kappa shape index (κ3) is 4.60. The fraction of sp³-hybridized carbons (Fsp3) is 0.391. The van der Waals surface area contributed by atoms with Crippen molar-refractivity contribution in [1.82, 2.24) is 19.9 Å². The fourth-order valence-corrected chi connectivity index (χ4v) is 4.44. The van der Waals surface area contributed by atoms with Crippen LogP contribution in [0.4, 0.5) is 14.6 Å². The molecule has 4 rings (SSSR count). The van der Waals surface area contributed by atoms with Gasteiger partial charge in [0, 0.05) is 19.3 Å². The van der Waals surface area contributed by atoms with Crippen LogP contribution in [0.5, 0.6) is 0 Å². The number of halogens is 3. The van der Waals surface area contributed by atoms with Crippen LogP contribution in [0.1, 0.15) is 48.6 Å². The number of ether oxygens (including phenoxy) is 1. The standard InChI is InChI=1S/C23H24ClF2N5O3/c1-10-8-31(9-11(2)34-10)23(33)14-5-17(25)21(27-7-14)28-12(3)15-6-16-20(19(26)18(15)24)29-13(4)30-22(16)32/h5-7,10-12H,8-9H2,1-4H3,(H,27,28)(H,29,30,32)/t10-,11+,12?. The van der Waals surface area contributed by atoms with Gasteiger partial charge < -0.3 is 19.9 Å². The molecule has 1 amide bonds. The molecule has 8 nitrogen and oxygen atoms in total. The first-order chi connectivity index (χ1) is 16.0. The van der Waals surface area contributed by atoms with Crippen molar-refractivity contribution in [2.24, 2.45) is 0 Å². The molecule has 3 atom stereocenters. The molecule has 1 saturated heterocycles. The molecule has 2 aromatic heterocycles. The molecular weight excluding hydrogens is 468 g/mol. The maximum Gasteiger partial charge on any atom is 0.258 e. The van der Waals surface area contributed by atoms with Gasteiger partial charge in [-0.1, -0.05) is 11.6 Å². The van der Waals surface area contributed by atoms with E-state index < -0.39 is 23.2 Å². The molecule has 34 heavy (non-hydrogen) atoms. The van der Waals surface area contributed by atoms with Crippen molar-refractivity contribution in [1.29, 1.82) is 0 Å². The molecular formula is C23H24ClF2N5O3. The highest BCUT2D eigenvalue weighted by Gasteiger charge is 2.27. The number of hydrogen-bond acceptors (Lipinski definition) is 6. The summed E-state index contributed by atoms with van der Waals surface area (Å²) in [6, 6.07) is 1.81. The minimum Gasteiger partial charge on any atom is -0.372 e. The molecule has 1 aromatic carbocycles. The number of H-pyrrole nitrogens is 1. The topological polar surface area (TPSA) is 100 Å². The summed E-state index contributed by atoms with van der Waals surface area (Å²) in [5.74, 6) is -1.80. The number of aromatic nitrogens is 3. The predicted molar refractivity (Wildman–Crippen MR) is 124 cm³/mol. The van der Waals surface area contributed by atoms with Crippen molar-refractivity contribution in [3.63, 3.8) is 0 Å². The number of carbonyl (C=O) groups excluding carboxylic acids is 1. The second kappa shape index (κ2) is 9.27. The predicted octanol–water partition coefficient (Wildman–Crippen LogP) is 3.98. The lowest BCUT2D eigenvalue weighted by atomic mass is 10.0. The minimum atomic E-state index is -0.833. The summed E-state index contributed by atoms with van der Waals surface area (Å²) in [5, 5.41) is 2.63. The lowest BCUT2D eigenvalue weighted by molar-refractivity contribution is -0.0586. The van der Waals surface area contributed by atoms with Crippen molar-refractivity contribution >= 4 is 34.2 Å². The summed E-state index contributed by atoms with van der Waals surface area (Å²) in [6.07, 6.45) is 1.04. The number of rotatable bonds is 4. The number of nitrogens with zero attached hydrogens (tertiary/aromatic N) is 3. The molecule has 1 aliphatic rings. The Morgan fingerprint density at radius 2 is 1.97 bits per heavy atom. The molecule has 0 radical (unpaired) electrons. The monoisotopic (exact) mass is 491 g/mol. The number of anilines is 1. The first-order valence-corrected chi connectivity index (χ1v) is 11.2. The zero-order valence-corrected chi connectivity index (χ0v) is 19.8. The molecule has 1 fully saturated rings. The van der Waals surface area contributed by atoms with Gasteiger partial charge in [0.2, 0.25) is 0 Å². The SMILES string of the molecule is Cc1nc2c(F)c(Cl)c(C(C)Nc3ncc(C(=O)N4C[C@@H](C)O[C@@H](C)C4)cc3F)cc2c(=O)[nH]1. The third-order valence-corrected chi connectivity index (χ3v) is 6.03. The van der Waals surface area contributed by atoms with Crippen molar-refractivity contribution in [2.45, 2.75) is 45.9 Å². The number of benzene rings is 1. The highest BCUT2D eigenvalue weighted by atomic mass is 35.5. The molecule has 2 N–H and O–H groups in total. The molecule has 1 aliphatic heterocycles. The Balaban J connectivity index is 1.59. The van der Waals surface area contributed by atoms with Crippen molar-refractivity contribution in [2.75, 3.05) is 18.4 Å². The lowest BCUT2D eigenvalue weighted by Crippen LogP contribution is -2.48. The van der Waals surface area contributed by atoms with Gasteiger partial charge in [-0.15, -0.1) is 0 Å². The quantitative estimate of drug-likeness (QED) is 0.572. The molecule has 3 aromatic rings. The Bertz CT molecular complexity index is 1320. The van der Waals surface area contributed by atoms with Gasteiger partial charge in [-0.25, -0.2) is 18.7 Å². The smallest absolute Gasteiger partial charge is 0.258 e. The first kappa shape index (κ1) is 24.0.